The van der Waals surface area contributed by atoms with Gasteiger partial charge in [0.2, 0.25) is 0 Å². The van der Waals surface area contributed by atoms with E-state index in [1.54, 1.807) is 0 Å². The second-order valence-electron chi connectivity index (χ2n) is 14.9. The lowest BCUT2D eigenvalue weighted by molar-refractivity contribution is 0.0408. The van der Waals surface area contributed by atoms with E-state index >= 15 is 0 Å². The Morgan fingerprint density at radius 1 is 0.590 bits per heavy atom. The quantitative estimate of drug-likeness (QED) is 0.250. The van der Waals surface area contributed by atoms with E-state index in [0.717, 1.165) is 48.3 Å². The molecule has 5 aliphatic rings. The molecule has 5 fully saturated rings. The first-order valence-electron chi connectivity index (χ1n) is 18.4. The lowest BCUT2D eigenvalue weighted by Crippen LogP contribution is -2.32. The van der Waals surface area contributed by atoms with Crippen LogP contribution in [0.4, 0.5) is 0 Å². The van der Waals surface area contributed by atoms with Crippen LogP contribution in [-0.4, -0.2) is 11.2 Å². The molecule has 0 aliphatic heterocycles. The number of allylic oxidation sites excluding steroid dienone is 2. The first-order chi connectivity index (χ1) is 19.0. The van der Waals surface area contributed by atoms with Crippen molar-refractivity contribution in [1.29, 1.82) is 0 Å². The van der Waals surface area contributed by atoms with Gasteiger partial charge in [-0.25, -0.2) is 0 Å². The van der Waals surface area contributed by atoms with E-state index in [9.17, 15) is 5.11 Å². The van der Waals surface area contributed by atoms with E-state index in [1.807, 2.05) is 5.57 Å². The SMILES string of the molecule is CC1CCCCC1.CC1CCCCC1.CCCCCCC(=CC1CCC2CC(O)CCC2C1)C1CCCCC1. The zero-order valence-electron chi connectivity index (χ0n) is 27.0. The second-order valence-corrected chi connectivity index (χ2v) is 14.9. The highest BCUT2D eigenvalue weighted by atomic mass is 16.3. The molecule has 0 bridgehead atoms. The van der Waals surface area contributed by atoms with Crippen LogP contribution in [0.15, 0.2) is 11.6 Å². The predicted octanol–water partition coefficient (Wildman–Crippen LogP) is 12.2. The van der Waals surface area contributed by atoms with Gasteiger partial charge in [0.15, 0.2) is 0 Å². The summed E-state index contributed by atoms with van der Waals surface area (Å²) in [6.07, 6.45) is 39.6. The number of aliphatic hydroxyl groups is 1. The van der Waals surface area contributed by atoms with Crippen LogP contribution < -0.4 is 0 Å². The van der Waals surface area contributed by atoms with Gasteiger partial charge in [-0.15, -0.1) is 0 Å². The largest absolute Gasteiger partial charge is 0.393 e. The third kappa shape index (κ3) is 13.5. The standard InChI is InChI=1S/C24H42O.2C7H14/c1-2-3-4-6-11-21(20-9-7-5-8-10-20)16-19-12-13-23-18-24(25)15-14-22(23)17-19;2*1-7-5-3-2-4-6-7/h16,19-20,22-25H,2-15,17-18H2,1H3;2*7H,2-6H2,1H3. The van der Waals surface area contributed by atoms with E-state index in [4.69, 9.17) is 0 Å². The molecule has 4 unspecified atom stereocenters. The number of rotatable bonds is 7. The number of hydrogen-bond donors (Lipinski definition) is 1. The highest BCUT2D eigenvalue weighted by Gasteiger charge is 2.34. The van der Waals surface area contributed by atoms with Gasteiger partial charge in [0.1, 0.15) is 0 Å². The zero-order chi connectivity index (χ0) is 27.7. The molecular weight excluding hydrogens is 472 g/mol. The lowest BCUT2D eigenvalue weighted by atomic mass is 9.66. The fourth-order valence-electron chi connectivity index (χ4n) is 8.62. The average Bonchev–Trinajstić information content (AvgIpc) is 2.97. The molecule has 228 valence electrons. The van der Waals surface area contributed by atoms with Crippen molar-refractivity contribution in [1.82, 2.24) is 0 Å². The molecule has 0 aromatic carbocycles. The summed E-state index contributed by atoms with van der Waals surface area (Å²) in [5.74, 6) is 5.57. The molecule has 5 aliphatic carbocycles. The molecule has 0 aromatic rings. The van der Waals surface area contributed by atoms with Gasteiger partial charge in [0.25, 0.3) is 0 Å². The van der Waals surface area contributed by atoms with Crippen molar-refractivity contribution < 1.29 is 5.11 Å². The number of aliphatic hydroxyl groups excluding tert-OH is 1. The molecule has 39 heavy (non-hydrogen) atoms. The van der Waals surface area contributed by atoms with Crippen molar-refractivity contribution in [3.8, 4) is 0 Å². The van der Waals surface area contributed by atoms with Crippen molar-refractivity contribution in [2.24, 2.45) is 35.5 Å². The van der Waals surface area contributed by atoms with Gasteiger partial charge in [-0.2, -0.15) is 0 Å². The summed E-state index contributed by atoms with van der Waals surface area (Å²) in [7, 11) is 0. The van der Waals surface area contributed by atoms with Crippen LogP contribution in [0.2, 0.25) is 0 Å². The van der Waals surface area contributed by atoms with Crippen molar-refractivity contribution in [2.45, 2.75) is 194 Å². The van der Waals surface area contributed by atoms with Gasteiger partial charge in [0.05, 0.1) is 6.10 Å². The van der Waals surface area contributed by atoms with E-state index in [-0.39, 0.29) is 6.10 Å². The minimum Gasteiger partial charge on any atom is -0.393 e. The van der Waals surface area contributed by atoms with Gasteiger partial charge in [-0.1, -0.05) is 135 Å². The summed E-state index contributed by atoms with van der Waals surface area (Å²) in [5, 5.41) is 9.96. The van der Waals surface area contributed by atoms with E-state index in [1.165, 1.54) is 154 Å². The third-order valence-corrected chi connectivity index (χ3v) is 11.3. The van der Waals surface area contributed by atoms with E-state index < -0.39 is 0 Å². The van der Waals surface area contributed by atoms with Crippen molar-refractivity contribution in [3.05, 3.63) is 11.6 Å². The van der Waals surface area contributed by atoms with Crippen molar-refractivity contribution in [3.63, 3.8) is 0 Å². The molecule has 1 nitrogen and oxygen atoms in total. The number of hydrogen-bond acceptors (Lipinski definition) is 1. The lowest BCUT2D eigenvalue weighted by Gasteiger charge is -2.40. The van der Waals surface area contributed by atoms with Gasteiger partial charge in [-0.3, -0.25) is 0 Å². The smallest absolute Gasteiger partial charge is 0.0543 e. The number of unbranched alkanes of at least 4 members (excludes halogenated alkanes) is 3. The van der Waals surface area contributed by atoms with Crippen molar-refractivity contribution >= 4 is 0 Å². The molecule has 5 saturated carbocycles. The Balaban J connectivity index is 0.000000243. The van der Waals surface area contributed by atoms with Crippen LogP contribution in [0.1, 0.15) is 188 Å². The summed E-state index contributed by atoms with van der Waals surface area (Å²) in [4.78, 5) is 0. The first-order valence-corrected chi connectivity index (χ1v) is 18.4. The van der Waals surface area contributed by atoms with Gasteiger partial charge >= 0.3 is 0 Å². The van der Waals surface area contributed by atoms with Crippen LogP contribution in [-0.2, 0) is 0 Å². The molecule has 4 atom stereocenters. The Labute approximate surface area is 245 Å². The maximum atomic E-state index is 9.96. The third-order valence-electron chi connectivity index (χ3n) is 11.3. The van der Waals surface area contributed by atoms with Crippen LogP contribution in [0, 0.1) is 35.5 Å². The maximum absolute atomic E-state index is 9.96. The zero-order valence-corrected chi connectivity index (χ0v) is 27.0. The van der Waals surface area contributed by atoms with Crippen LogP contribution >= 0.6 is 0 Å². The summed E-state index contributed by atoms with van der Waals surface area (Å²) in [5.41, 5.74) is 1.86. The Hall–Kier alpha value is -0.300. The van der Waals surface area contributed by atoms with Gasteiger partial charge < -0.3 is 5.11 Å². The highest BCUT2D eigenvalue weighted by molar-refractivity contribution is 5.11. The fourth-order valence-corrected chi connectivity index (χ4v) is 8.62. The molecule has 0 heterocycles. The maximum Gasteiger partial charge on any atom is 0.0543 e. The molecule has 0 aromatic heterocycles. The van der Waals surface area contributed by atoms with Crippen LogP contribution in [0.25, 0.3) is 0 Å². The van der Waals surface area contributed by atoms with Gasteiger partial charge in [0, 0.05) is 0 Å². The van der Waals surface area contributed by atoms with E-state index in [2.05, 4.69) is 26.8 Å². The fraction of sp³-hybridized carbons (Fsp3) is 0.947. The van der Waals surface area contributed by atoms with E-state index in [0.29, 0.717) is 0 Å². The predicted molar refractivity (Wildman–Crippen MR) is 172 cm³/mol. The summed E-state index contributed by atoms with van der Waals surface area (Å²) in [6, 6.07) is 0. The van der Waals surface area contributed by atoms with Crippen LogP contribution in [0.5, 0.6) is 0 Å². The van der Waals surface area contributed by atoms with Crippen LogP contribution in [0.3, 0.4) is 0 Å². The Morgan fingerprint density at radius 3 is 1.67 bits per heavy atom. The molecule has 5 rings (SSSR count). The molecule has 0 amide bonds. The average molecular weight is 543 g/mol. The molecule has 1 N–H and O–H groups in total. The molecule has 1 heteroatoms. The monoisotopic (exact) mass is 543 g/mol. The minimum absolute atomic E-state index is 0.00436. The molecule has 0 radical (unpaired) electrons. The Kier molecular flexibility index (Phi) is 16.8. The highest BCUT2D eigenvalue weighted by Crippen LogP contribution is 2.44. The Morgan fingerprint density at radius 2 is 1.13 bits per heavy atom. The molecule has 0 spiro atoms. The summed E-state index contributed by atoms with van der Waals surface area (Å²) < 4.78 is 0. The normalized spacial score (nSPS) is 31.3. The summed E-state index contributed by atoms with van der Waals surface area (Å²) in [6.45, 7) is 7.04. The topological polar surface area (TPSA) is 20.2 Å². The summed E-state index contributed by atoms with van der Waals surface area (Å²) >= 11 is 0. The number of fused-ring (bicyclic) bond motifs is 1. The van der Waals surface area contributed by atoms with Gasteiger partial charge in [-0.05, 0) is 99.7 Å². The molecular formula is C38H70O. The minimum atomic E-state index is 0.00436. The molecule has 0 saturated heterocycles. The second kappa shape index (κ2) is 19.8. The first kappa shape index (κ1) is 33.2. The Bertz CT molecular complexity index is 603. The van der Waals surface area contributed by atoms with Crippen molar-refractivity contribution in [2.75, 3.05) is 0 Å².